The lowest BCUT2D eigenvalue weighted by Crippen LogP contribution is -2.30. The molecule has 0 aliphatic heterocycles. The second-order valence-electron chi connectivity index (χ2n) is 14.9. The van der Waals surface area contributed by atoms with Crippen LogP contribution in [0, 0.1) is 0 Å². The molecule has 0 amide bonds. The predicted molar refractivity (Wildman–Crippen MR) is 242 cm³/mol. The Morgan fingerprint density at radius 2 is 0.684 bits per heavy atom. The third-order valence-electron chi connectivity index (χ3n) is 9.32. The molecule has 0 N–H and O–H groups in total. The van der Waals surface area contributed by atoms with Crippen LogP contribution in [0.25, 0.3) is 0 Å². The van der Waals surface area contributed by atoms with E-state index in [-0.39, 0.29) is 31.1 Å². The van der Waals surface area contributed by atoms with Crippen molar-refractivity contribution >= 4 is 17.9 Å². The van der Waals surface area contributed by atoms with E-state index in [0.717, 1.165) is 148 Å². The molecule has 0 heterocycles. The van der Waals surface area contributed by atoms with Crippen LogP contribution in [-0.4, -0.2) is 37.2 Å². The van der Waals surface area contributed by atoms with Crippen LogP contribution < -0.4 is 0 Å². The fraction of sp³-hybridized carbons (Fsp3) is 0.667. The summed E-state index contributed by atoms with van der Waals surface area (Å²) in [7, 11) is 0. The van der Waals surface area contributed by atoms with Crippen molar-refractivity contribution in [2.24, 2.45) is 0 Å². The van der Waals surface area contributed by atoms with Crippen molar-refractivity contribution in [3.63, 3.8) is 0 Å². The average Bonchev–Trinajstić information content (AvgIpc) is 3.21. The molecule has 324 valence electrons. The average molecular weight is 793 g/mol. The predicted octanol–water partition coefficient (Wildman–Crippen LogP) is 14.9. The van der Waals surface area contributed by atoms with Crippen molar-refractivity contribution in [1.82, 2.24) is 0 Å². The minimum absolute atomic E-state index is 0.100. The van der Waals surface area contributed by atoms with Gasteiger partial charge in [0.2, 0.25) is 0 Å². The fourth-order valence-corrected chi connectivity index (χ4v) is 5.88. The van der Waals surface area contributed by atoms with Gasteiger partial charge in [-0.3, -0.25) is 14.4 Å². The SMILES string of the molecule is CC/C=C\C/C=C\C/C=C\CCCCCC(=O)OCC(COC(=O)CCCCCCC/C=C\C/C=C\CCC)OC(=O)CCCCCCC/C=C\C/C=C\CCC. The molecular weight excluding hydrogens is 709 g/mol. The lowest BCUT2D eigenvalue weighted by molar-refractivity contribution is -0.167. The first-order valence-corrected chi connectivity index (χ1v) is 23.1. The van der Waals surface area contributed by atoms with Gasteiger partial charge in [-0.1, -0.05) is 164 Å². The van der Waals surface area contributed by atoms with Crippen LogP contribution in [0.2, 0.25) is 0 Å². The molecule has 0 aromatic carbocycles. The van der Waals surface area contributed by atoms with E-state index in [1.807, 2.05) is 0 Å². The Labute approximate surface area is 350 Å². The maximum absolute atomic E-state index is 12.7. The first-order valence-electron chi connectivity index (χ1n) is 23.1. The van der Waals surface area contributed by atoms with Crippen molar-refractivity contribution in [1.29, 1.82) is 0 Å². The molecule has 0 spiro atoms. The topological polar surface area (TPSA) is 78.9 Å². The summed E-state index contributed by atoms with van der Waals surface area (Å²) in [6.07, 6.45) is 57.0. The van der Waals surface area contributed by atoms with Gasteiger partial charge in [0.1, 0.15) is 13.2 Å². The lowest BCUT2D eigenvalue weighted by Gasteiger charge is -2.18. The minimum atomic E-state index is -0.800. The number of allylic oxidation sites excluding steroid dienone is 14. The van der Waals surface area contributed by atoms with Gasteiger partial charge in [-0.05, 0) is 103 Å². The summed E-state index contributed by atoms with van der Waals surface area (Å²) in [5.74, 6) is -0.966. The standard InChI is InChI=1S/C51H84O6/c1-4-7-10-13-16-19-22-25-28-31-34-37-40-43-49(52)55-46-48(57-51(54)45-42-39-36-33-30-27-24-21-18-15-12-9-6-3)47-56-50(53)44-41-38-35-32-29-26-23-20-17-14-11-8-5-2/h7,10-12,14-16,19-21,23-25,28,48H,4-6,8-9,13,17-18,22,26-27,29-47H2,1-3H3/b10-7-,14-11-,15-12-,19-16-,23-20-,24-21-,28-25-. The van der Waals surface area contributed by atoms with Gasteiger partial charge in [0.25, 0.3) is 0 Å². The van der Waals surface area contributed by atoms with Gasteiger partial charge in [-0.15, -0.1) is 0 Å². The Morgan fingerprint density at radius 1 is 0.368 bits per heavy atom. The highest BCUT2D eigenvalue weighted by molar-refractivity contribution is 5.71. The zero-order chi connectivity index (χ0) is 41.5. The smallest absolute Gasteiger partial charge is 0.306 e. The van der Waals surface area contributed by atoms with Gasteiger partial charge in [0.05, 0.1) is 0 Å². The van der Waals surface area contributed by atoms with E-state index < -0.39 is 6.10 Å². The second-order valence-corrected chi connectivity index (χ2v) is 14.9. The van der Waals surface area contributed by atoms with E-state index in [2.05, 4.69) is 106 Å². The number of unbranched alkanes of at least 4 members (excludes halogenated alkanes) is 15. The number of ether oxygens (including phenoxy) is 3. The zero-order valence-corrected chi connectivity index (χ0v) is 36.8. The summed E-state index contributed by atoms with van der Waals surface area (Å²) in [5, 5.41) is 0. The third-order valence-corrected chi connectivity index (χ3v) is 9.32. The van der Waals surface area contributed by atoms with Crippen LogP contribution in [0.1, 0.15) is 201 Å². The quantitative estimate of drug-likeness (QED) is 0.0266. The van der Waals surface area contributed by atoms with Crippen molar-refractivity contribution in [2.45, 2.75) is 207 Å². The molecule has 0 bridgehead atoms. The monoisotopic (exact) mass is 793 g/mol. The van der Waals surface area contributed by atoms with Crippen LogP contribution in [0.4, 0.5) is 0 Å². The van der Waals surface area contributed by atoms with E-state index in [9.17, 15) is 14.4 Å². The Kier molecular flexibility index (Phi) is 42.6. The van der Waals surface area contributed by atoms with Crippen LogP contribution >= 0.6 is 0 Å². The van der Waals surface area contributed by atoms with Crippen LogP contribution in [0.15, 0.2) is 85.1 Å². The van der Waals surface area contributed by atoms with Crippen molar-refractivity contribution in [2.75, 3.05) is 13.2 Å². The van der Waals surface area contributed by atoms with Gasteiger partial charge in [0.15, 0.2) is 6.10 Å². The lowest BCUT2D eigenvalue weighted by atomic mass is 10.1. The molecule has 0 radical (unpaired) electrons. The normalized spacial score (nSPS) is 12.8. The number of rotatable bonds is 40. The molecule has 6 nitrogen and oxygen atoms in total. The molecule has 0 aliphatic rings. The summed E-state index contributed by atoms with van der Waals surface area (Å²) in [6, 6.07) is 0. The number of hydrogen-bond donors (Lipinski definition) is 0. The summed E-state index contributed by atoms with van der Waals surface area (Å²) in [6.45, 7) is 6.32. The van der Waals surface area contributed by atoms with Crippen molar-refractivity contribution in [3.8, 4) is 0 Å². The van der Waals surface area contributed by atoms with Crippen LogP contribution in [0.5, 0.6) is 0 Å². The summed E-state index contributed by atoms with van der Waals surface area (Å²) >= 11 is 0. The maximum Gasteiger partial charge on any atom is 0.306 e. The molecule has 0 aromatic heterocycles. The number of carbonyl (C=O) groups is 3. The van der Waals surface area contributed by atoms with Gasteiger partial charge < -0.3 is 14.2 Å². The molecule has 0 rings (SSSR count). The molecule has 6 heteroatoms. The largest absolute Gasteiger partial charge is 0.462 e. The van der Waals surface area contributed by atoms with Gasteiger partial charge in [0, 0.05) is 19.3 Å². The molecule has 0 saturated heterocycles. The zero-order valence-electron chi connectivity index (χ0n) is 36.8. The van der Waals surface area contributed by atoms with Crippen molar-refractivity contribution < 1.29 is 28.6 Å². The maximum atomic E-state index is 12.7. The molecule has 0 aromatic rings. The highest BCUT2D eigenvalue weighted by Crippen LogP contribution is 2.12. The summed E-state index contributed by atoms with van der Waals surface area (Å²) < 4.78 is 16.7. The molecule has 1 unspecified atom stereocenters. The second kappa shape index (κ2) is 45.3. The first kappa shape index (κ1) is 53.6. The molecule has 1 atom stereocenters. The number of esters is 3. The van der Waals surface area contributed by atoms with E-state index >= 15 is 0 Å². The van der Waals surface area contributed by atoms with E-state index in [0.29, 0.717) is 19.3 Å². The summed E-state index contributed by atoms with van der Waals surface area (Å²) in [4.78, 5) is 37.8. The Balaban J connectivity index is 4.49. The third kappa shape index (κ3) is 43.6. The van der Waals surface area contributed by atoms with Crippen molar-refractivity contribution in [3.05, 3.63) is 85.1 Å². The summed E-state index contributed by atoms with van der Waals surface area (Å²) in [5.41, 5.74) is 0. The minimum Gasteiger partial charge on any atom is -0.462 e. The first-order chi connectivity index (χ1) is 28.0. The van der Waals surface area contributed by atoms with E-state index in [1.54, 1.807) is 0 Å². The molecular formula is C51H84O6. The number of carbonyl (C=O) groups excluding carboxylic acids is 3. The van der Waals surface area contributed by atoms with Crippen LogP contribution in [0.3, 0.4) is 0 Å². The fourth-order valence-electron chi connectivity index (χ4n) is 5.88. The van der Waals surface area contributed by atoms with Gasteiger partial charge >= 0.3 is 17.9 Å². The molecule has 0 aliphatic carbocycles. The van der Waals surface area contributed by atoms with E-state index in [1.165, 1.54) is 12.8 Å². The van der Waals surface area contributed by atoms with Gasteiger partial charge in [-0.2, -0.15) is 0 Å². The Hall–Kier alpha value is -3.41. The van der Waals surface area contributed by atoms with Gasteiger partial charge in [-0.25, -0.2) is 0 Å². The highest BCUT2D eigenvalue weighted by atomic mass is 16.6. The van der Waals surface area contributed by atoms with E-state index in [4.69, 9.17) is 14.2 Å². The Morgan fingerprint density at radius 3 is 1.09 bits per heavy atom. The highest BCUT2D eigenvalue weighted by Gasteiger charge is 2.19. The van der Waals surface area contributed by atoms with Crippen LogP contribution in [-0.2, 0) is 28.6 Å². The number of hydrogen-bond acceptors (Lipinski definition) is 6. The molecule has 57 heavy (non-hydrogen) atoms. The molecule has 0 fully saturated rings. The Bertz CT molecular complexity index is 1140. The molecule has 0 saturated carbocycles.